The summed E-state index contributed by atoms with van der Waals surface area (Å²) in [6, 6.07) is 1.78. The van der Waals surface area contributed by atoms with Gasteiger partial charge in [-0.2, -0.15) is 0 Å². The van der Waals surface area contributed by atoms with Crippen molar-refractivity contribution in [2.45, 2.75) is 6.92 Å². The third kappa shape index (κ3) is 1.58. The van der Waals surface area contributed by atoms with Crippen molar-refractivity contribution >= 4 is 17.2 Å². The molecule has 4 N–H and O–H groups in total. The molecule has 12 heavy (non-hydrogen) atoms. The number of pyridine rings is 1. The first-order valence-corrected chi connectivity index (χ1v) is 3.87. The third-order valence-corrected chi connectivity index (χ3v) is 1.82. The molecule has 1 heterocycles. The van der Waals surface area contributed by atoms with Gasteiger partial charge >= 0.3 is 0 Å². The summed E-state index contributed by atoms with van der Waals surface area (Å²) in [5.41, 5.74) is 12.3. The zero-order valence-corrected chi connectivity index (χ0v) is 7.41. The molecule has 66 valence electrons. The van der Waals surface area contributed by atoms with Crippen LogP contribution in [0.25, 0.3) is 0 Å². The van der Waals surface area contributed by atoms with Crippen molar-refractivity contribution in [3.63, 3.8) is 0 Å². The minimum absolute atomic E-state index is 0.531. The highest BCUT2D eigenvalue weighted by Crippen LogP contribution is 2.18. The zero-order valence-electron chi connectivity index (χ0n) is 7.41. The van der Waals surface area contributed by atoms with E-state index >= 15 is 0 Å². The Bertz CT molecular complexity index is 272. The van der Waals surface area contributed by atoms with E-state index in [0.29, 0.717) is 11.4 Å². The van der Waals surface area contributed by atoms with Crippen LogP contribution < -0.4 is 16.4 Å². The molecule has 0 atom stereocenters. The van der Waals surface area contributed by atoms with Gasteiger partial charge in [-0.15, -0.1) is 0 Å². The van der Waals surface area contributed by atoms with Gasteiger partial charge in [0.15, 0.2) is 0 Å². The SMILES string of the molecule is CCN(C)c1cc(N)c(N)cn1. The van der Waals surface area contributed by atoms with E-state index in [2.05, 4.69) is 4.98 Å². The van der Waals surface area contributed by atoms with Crippen LogP contribution >= 0.6 is 0 Å². The van der Waals surface area contributed by atoms with Crippen molar-refractivity contribution in [1.29, 1.82) is 0 Å². The molecule has 1 rings (SSSR count). The van der Waals surface area contributed by atoms with Gasteiger partial charge in [0.2, 0.25) is 0 Å². The Kier molecular flexibility index (Phi) is 2.38. The van der Waals surface area contributed by atoms with Crippen LogP contribution in [-0.4, -0.2) is 18.6 Å². The Morgan fingerprint density at radius 2 is 2.08 bits per heavy atom. The van der Waals surface area contributed by atoms with Crippen LogP contribution in [0.1, 0.15) is 6.92 Å². The van der Waals surface area contributed by atoms with Crippen molar-refractivity contribution in [2.24, 2.45) is 0 Å². The lowest BCUT2D eigenvalue weighted by atomic mass is 10.3. The molecule has 0 radical (unpaired) electrons. The number of nitrogens with two attached hydrogens (primary N) is 2. The second-order valence-corrected chi connectivity index (χ2v) is 2.69. The normalized spacial score (nSPS) is 9.83. The van der Waals surface area contributed by atoms with Gasteiger partial charge in [-0.05, 0) is 6.92 Å². The molecule has 0 unspecified atom stereocenters. The second-order valence-electron chi connectivity index (χ2n) is 2.69. The van der Waals surface area contributed by atoms with Gasteiger partial charge in [0.25, 0.3) is 0 Å². The van der Waals surface area contributed by atoms with Crippen molar-refractivity contribution in [3.05, 3.63) is 12.3 Å². The fourth-order valence-corrected chi connectivity index (χ4v) is 0.841. The highest BCUT2D eigenvalue weighted by Gasteiger charge is 2.01. The van der Waals surface area contributed by atoms with Gasteiger partial charge in [0, 0.05) is 19.7 Å². The fraction of sp³-hybridized carbons (Fsp3) is 0.375. The number of hydrogen-bond acceptors (Lipinski definition) is 4. The lowest BCUT2D eigenvalue weighted by Gasteiger charge is -2.15. The van der Waals surface area contributed by atoms with Gasteiger partial charge < -0.3 is 16.4 Å². The summed E-state index contributed by atoms with van der Waals surface area (Å²) in [5, 5.41) is 0. The van der Waals surface area contributed by atoms with Gasteiger partial charge in [0.05, 0.1) is 17.6 Å². The molecule has 0 saturated heterocycles. The molecule has 0 bridgehead atoms. The van der Waals surface area contributed by atoms with E-state index in [-0.39, 0.29) is 0 Å². The summed E-state index contributed by atoms with van der Waals surface area (Å²) in [5.74, 6) is 0.851. The highest BCUT2D eigenvalue weighted by molar-refractivity contribution is 5.66. The molecule has 0 fully saturated rings. The number of aromatic nitrogens is 1. The number of anilines is 3. The van der Waals surface area contributed by atoms with Crippen LogP contribution in [0.15, 0.2) is 12.3 Å². The second kappa shape index (κ2) is 3.30. The molecule has 0 aliphatic carbocycles. The molecule has 4 nitrogen and oxygen atoms in total. The first-order chi connectivity index (χ1) is 5.65. The lowest BCUT2D eigenvalue weighted by Crippen LogP contribution is -2.17. The Morgan fingerprint density at radius 3 is 2.58 bits per heavy atom. The fourth-order valence-electron chi connectivity index (χ4n) is 0.841. The number of nitrogen functional groups attached to an aromatic ring is 2. The lowest BCUT2D eigenvalue weighted by molar-refractivity contribution is 0.939. The first kappa shape index (κ1) is 8.64. The summed E-state index contributed by atoms with van der Waals surface area (Å²) in [4.78, 5) is 6.13. The van der Waals surface area contributed by atoms with E-state index in [9.17, 15) is 0 Å². The molecular formula is C8H14N4. The molecule has 0 amide bonds. The van der Waals surface area contributed by atoms with Crippen molar-refractivity contribution in [1.82, 2.24) is 4.98 Å². The first-order valence-electron chi connectivity index (χ1n) is 3.87. The van der Waals surface area contributed by atoms with Crippen molar-refractivity contribution < 1.29 is 0 Å². The Balaban J connectivity index is 2.96. The molecule has 0 spiro atoms. The van der Waals surface area contributed by atoms with Crippen LogP contribution in [0.3, 0.4) is 0 Å². The Hall–Kier alpha value is -1.45. The summed E-state index contributed by atoms with van der Waals surface area (Å²) in [6.45, 7) is 2.95. The summed E-state index contributed by atoms with van der Waals surface area (Å²) >= 11 is 0. The van der Waals surface area contributed by atoms with E-state index in [0.717, 1.165) is 12.4 Å². The minimum atomic E-state index is 0.531. The summed E-state index contributed by atoms with van der Waals surface area (Å²) in [6.07, 6.45) is 1.58. The molecule has 1 aromatic rings. The van der Waals surface area contributed by atoms with Crippen LogP contribution in [0, 0.1) is 0 Å². The molecular weight excluding hydrogens is 152 g/mol. The minimum Gasteiger partial charge on any atom is -0.397 e. The standard InChI is InChI=1S/C8H14N4/c1-3-12(2)8-4-6(9)7(10)5-11-8/h4-5H,3,10H2,1-2H3,(H2,9,11). The topological polar surface area (TPSA) is 68.2 Å². The van der Waals surface area contributed by atoms with Crippen LogP contribution in [0.4, 0.5) is 17.2 Å². The van der Waals surface area contributed by atoms with Gasteiger partial charge in [-0.3, -0.25) is 0 Å². The summed E-state index contributed by atoms with van der Waals surface area (Å²) in [7, 11) is 1.96. The molecule has 4 heteroatoms. The van der Waals surface area contributed by atoms with E-state index in [1.807, 2.05) is 18.9 Å². The predicted octanol–water partition coefficient (Wildman–Crippen LogP) is 0.702. The summed E-state index contributed by atoms with van der Waals surface area (Å²) < 4.78 is 0. The maximum atomic E-state index is 5.62. The van der Waals surface area contributed by atoms with Gasteiger partial charge in [0.1, 0.15) is 5.82 Å². The Labute approximate surface area is 72.2 Å². The largest absolute Gasteiger partial charge is 0.397 e. The monoisotopic (exact) mass is 166 g/mol. The average Bonchev–Trinajstić information content (AvgIpc) is 2.08. The number of nitrogens with zero attached hydrogens (tertiary/aromatic N) is 2. The third-order valence-electron chi connectivity index (χ3n) is 1.82. The molecule has 0 aliphatic heterocycles. The smallest absolute Gasteiger partial charge is 0.130 e. The van der Waals surface area contributed by atoms with Crippen LogP contribution in [0.2, 0.25) is 0 Å². The molecule has 0 aromatic carbocycles. The zero-order chi connectivity index (χ0) is 9.14. The van der Waals surface area contributed by atoms with E-state index in [1.165, 1.54) is 0 Å². The maximum Gasteiger partial charge on any atom is 0.130 e. The van der Waals surface area contributed by atoms with E-state index in [4.69, 9.17) is 11.5 Å². The molecule has 1 aromatic heterocycles. The predicted molar refractivity (Wildman–Crippen MR) is 52.0 cm³/mol. The maximum absolute atomic E-state index is 5.62. The van der Waals surface area contributed by atoms with E-state index in [1.54, 1.807) is 12.3 Å². The van der Waals surface area contributed by atoms with E-state index < -0.39 is 0 Å². The number of rotatable bonds is 2. The number of hydrogen-bond donors (Lipinski definition) is 2. The quantitative estimate of drug-likeness (QED) is 0.678. The molecule has 0 saturated carbocycles. The van der Waals surface area contributed by atoms with Crippen LogP contribution in [0.5, 0.6) is 0 Å². The van der Waals surface area contributed by atoms with Crippen LogP contribution in [-0.2, 0) is 0 Å². The van der Waals surface area contributed by atoms with Gasteiger partial charge in [-0.1, -0.05) is 0 Å². The molecule has 0 aliphatic rings. The van der Waals surface area contributed by atoms with Crippen molar-refractivity contribution in [2.75, 3.05) is 30.0 Å². The highest BCUT2D eigenvalue weighted by atomic mass is 15.2. The van der Waals surface area contributed by atoms with Gasteiger partial charge in [-0.25, -0.2) is 4.98 Å². The van der Waals surface area contributed by atoms with Crippen molar-refractivity contribution in [3.8, 4) is 0 Å². The Morgan fingerprint density at radius 1 is 1.42 bits per heavy atom. The average molecular weight is 166 g/mol.